The molecule has 3 aromatic rings. The standard InChI is InChI=1S/C15H17N5O2/c1-10-3-4-14(22-10)12-7-13(19-18-12)15(21)20(2)6-5-11-8-16-17-9-11/h3-4,7-9H,5-6H2,1-2H3,(H,16,17)(H,18,19). The number of hydrogen-bond donors (Lipinski definition) is 2. The number of aromatic amines is 2. The van der Waals surface area contributed by atoms with E-state index in [1.807, 2.05) is 25.3 Å². The Morgan fingerprint density at radius 1 is 1.41 bits per heavy atom. The molecule has 7 heteroatoms. The van der Waals surface area contributed by atoms with Crippen molar-refractivity contribution < 1.29 is 9.21 Å². The highest BCUT2D eigenvalue weighted by Gasteiger charge is 2.17. The van der Waals surface area contributed by atoms with E-state index in [0.717, 1.165) is 17.7 Å². The third-order valence-corrected chi connectivity index (χ3v) is 3.44. The van der Waals surface area contributed by atoms with Crippen LogP contribution in [0.1, 0.15) is 21.8 Å². The molecule has 3 heterocycles. The third-order valence-electron chi connectivity index (χ3n) is 3.44. The minimum Gasteiger partial charge on any atom is -0.460 e. The number of nitrogens with zero attached hydrogens (tertiary/aromatic N) is 3. The van der Waals surface area contributed by atoms with Gasteiger partial charge in [-0.3, -0.25) is 15.0 Å². The van der Waals surface area contributed by atoms with Crippen molar-refractivity contribution in [3.05, 3.63) is 47.6 Å². The predicted molar refractivity (Wildman–Crippen MR) is 80.3 cm³/mol. The van der Waals surface area contributed by atoms with Gasteiger partial charge in [-0.1, -0.05) is 0 Å². The van der Waals surface area contributed by atoms with Gasteiger partial charge in [0.15, 0.2) is 11.5 Å². The van der Waals surface area contributed by atoms with E-state index >= 15 is 0 Å². The molecule has 114 valence electrons. The van der Waals surface area contributed by atoms with E-state index in [1.54, 1.807) is 24.2 Å². The van der Waals surface area contributed by atoms with Gasteiger partial charge in [-0.05, 0) is 31.0 Å². The molecule has 0 bridgehead atoms. The summed E-state index contributed by atoms with van der Waals surface area (Å²) in [6.07, 6.45) is 4.32. The third kappa shape index (κ3) is 2.93. The lowest BCUT2D eigenvalue weighted by atomic mass is 10.2. The second-order valence-electron chi connectivity index (χ2n) is 5.16. The first kappa shape index (κ1) is 14.1. The van der Waals surface area contributed by atoms with Crippen LogP contribution in [-0.2, 0) is 6.42 Å². The summed E-state index contributed by atoms with van der Waals surface area (Å²) in [5.74, 6) is 1.36. The fraction of sp³-hybridized carbons (Fsp3) is 0.267. The average molecular weight is 299 g/mol. The molecule has 0 aliphatic heterocycles. The van der Waals surface area contributed by atoms with E-state index in [4.69, 9.17) is 4.42 Å². The molecule has 0 radical (unpaired) electrons. The highest BCUT2D eigenvalue weighted by Crippen LogP contribution is 2.20. The second kappa shape index (κ2) is 5.88. The molecule has 0 atom stereocenters. The molecule has 7 nitrogen and oxygen atoms in total. The normalized spacial score (nSPS) is 10.8. The minimum absolute atomic E-state index is 0.130. The number of nitrogens with one attached hydrogen (secondary N) is 2. The first-order chi connectivity index (χ1) is 10.6. The van der Waals surface area contributed by atoms with Gasteiger partial charge in [0.25, 0.3) is 5.91 Å². The van der Waals surface area contributed by atoms with Crippen LogP contribution >= 0.6 is 0 Å². The molecule has 3 aromatic heterocycles. The first-order valence-corrected chi connectivity index (χ1v) is 6.99. The molecule has 0 aliphatic carbocycles. The van der Waals surface area contributed by atoms with Crippen LogP contribution in [0.25, 0.3) is 11.5 Å². The summed E-state index contributed by atoms with van der Waals surface area (Å²) < 4.78 is 5.51. The summed E-state index contributed by atoms with van der Waals surface area (Å²) in [6.45, 7) is 2.47. The largest absolute Gasteiger partial charge is 0.460 e. The van der Waals surface area contributed by atoms with E-state index in [-0.39, 0.29) is 5.91 Å². The number of amides is 1. The highest BCUT2D eigenvalue weighted by atomic mass is 16.3. The van der Waals surface area contributed by atoms with Crippen molar-refractivity contribution >= 4 is 5.91 Å². The molecule has 0 unspecified atom stereocenters. The van der Waals surface area contributed by atoms with Crippen LogP contribution in [0, 0.1) is 6.92 Å². The lowest BCUT2D eigenvalue weighted by Crippen LogP contribution is -2.29. The van der Waals surface area contributed by atoms with E-state index in [2.05, 4.69) is 20.4 Å². The Balaban J connectivity index is 1.65. The van der Waals surface area contributed by atoms with Crippen molar-refractivity contribution in [3.63, 3.8) is 0 Å². The Kier molecular flexibility index (Phi) is 3.78. The fourth-order valence-corrected chi connectivity index (χ4v) is 2.15. The molecule has 0 fully saturated rings. The topological polar surface area (TPSA) is 90.8 Å². The van der Waals surface area contributed by atoms with E-state index in [9.17, 15) is 4.79 Å². The van der Waals surface area contributed by atoms with Gasteiger partial charge >= 0.3 is 0 Å². The van der Waals surface area contributed by atoms with Gasteiger partial charge < -0.3 is 9.32 Å². The summed E-state index contributed by atoms with van der Waals surface area (Å²) >= 11 is 0. The Hall–Kier alpha value is -2.83. The van der Waals surface area contributed by atoms with Crippen molar-refractivity contribution in [3.8, 4) is 11.5 Å². The SMILES string of the molecule is Cc1ccc(-c2cc(C(=O)N(C)CCc3cn[nH]c3)n[nH]2)o1. The van der Waals surface area contributed by atoms with Crippen LogP contribution < -0.4 is 0 Å². The first-order valence-electron chi connectivity index (χ1n) is 6.99. The summed E-state index contributed by atoms with van der Waals surface area (Å²) in [5, 5.41) is 13.6. The van der Waals surface area contributed by atoms with Gasteiger partial charge in [0.1, 0.15) is 11.5 Å². The molecule has 0 aliphatic rings. The van der Waals surface area contributed by atoms with Gasteiger partial charge in [0, 0.05) is 25.9 Å². The van der Waals surface area contributed by atoms with Crippen LogP contribution in [-0.4, -0.2) is 44.8 Å². The number of H-pyrrole nitrogens is 2. The van der Waals surface area contributed by atoms with Gasteiger partial charge in [-0.2, -0.15) is 10.2 Å². The Morgan fingerprint density at radius 2 is 2.27 bits per heavy atom. The monoisotopic (exact) mass is 299 g/mol. The zero-order valence-electron chi connectivity index (χ0n) is 12.5. The van der Waals surface area contributed by atoms with Crippen molar-refractivity contribution in [2.45, 2.75) is 13.3 Å². The zero-order chi connectivity index (χ0) is 15.5. The summed E-state index contributed by atoms with van der Waals surface area (Å²) in [7, 11) is 1.76. The molecule has 3 rings (SSSR count). The maximum Gasteiger partial charge on any atom is 0.274 e. The Bertz CT molecular complexity index is 757. The van der Waals surface area contributed by atoms with Crippen molar-refractivity contribution in [1.82, 2.24) is 25.3 Å². The summed E-state index contributed by atoms with van der Waals surface area (Å²) in [5.41, 5.74) is 2.13. The lowest BCUT2D eigenvalue weighted by molar-refractivity contribution is 0.0791. The number of aromatic nitrogens is 4. The van der Waals surface area contributed by atoms with Crippen LogP contribution in [0.15, 0.2) is 35.0 Å². The van der Waals surface area contributed by atoms with Crippen LogP contribution in [0.2, 0.25) is 0 Å². The van der Waals surface area contributed by atoms with Gasteiger partial charge in [0.2, 0.25) is 0 Å². The molecular weight excluding hydrogens is 282 g/mol. The van der Waals surface area contributed by atoms with Crippen molar-refractivity contribution in [1.29, 1.82) is 0 Å². The number of rotatable bonds is 5. The zero-order valence-corrected chi connectivity index (χ0v) is 12.5. The molecule has 0 aromatic carbocycles. The maximum atomic E-state index is 12.3. The van der Waals surface area contributed by atoms with E-state index in [0.29, 0.717) is 23.7 Å². The molecule has 2 N–H and O–H groups in total. The number of aryl methyl sites for hydroxylation is 1. The fourth-order valence-electron chi connectivity index (χ4n) is 2.15. The average Bonchev–Trinajstić information content (AvgIpc) is 3.24. The van der Waals surface area contributed by atoms with Crippen molar-refractivity contribution in [2.75, 3.05) is 13.6 Å². The lowest BCUT2D eigenvalue weighted by Gasteiger charge is -2.14. The van der Waals surface area contributed by atoms with Gasteiger partial charge in [-0.25, -0.2) is 0 Å². The van der Waals surface area contributed by atoms with Crippen LogP contribution in [0.4, 0.5) is 0 Å². The van der Waals surface area contributed by atoms with Crippen LogP contribution in [0.3, 0.4) is 0 Å². The van der Waals surface area contributed by atoms with Gasteiger partial charge in [0.05, 0.1) is 6.20 Å². The quantitative estimate of drug-likeness (QED) is 0.754. The van der Waals surface area contributed by atoms with Crippen molar-refractivity contribution in [2.24, 2.45) is 0 Å². The molecule has 0 spiro atoms. The number of hydrogen-bond acceptors (Lipinski definition) is 4. The number of carbonyl (C=O) groups is 1. The number of carbonyl (C=O) groups excluding carboxylic acids is 1. The number of furan rings is 1. The highest BCUT2D eigenvalue weighted by molar-refractivity contribution is 5.93. The smallest absolute Gasteiger partial charge is 0.274 e. The predicted octanol–water partition coefficient (Wildman–Crippen LogP) is 2.02. The summed E-state index contributed by atoms with van der Waals surface area (Å²) in [6, 6.07) is 5.42. The second-order valence-corrected chi connectivity index (χ2v) is 5.16. The van der Waals surface area contributed by atoms with Crippen LogP contribution in [0.5, 0.6) is 0 Å². The van der Waals surface area contributed by atoms with E-state index in [1.165, 1.54) is 0 Å². The Morgan fingerprint density at radius 3 is 2.95 bits per heavy atom. The molecule has 0 saturated heterocycles. The Labute approximate surface area is 127 Å². The molecular formula is C15H17N5O2. The summed E-state index contributed by atoms with van der Waals surface area (Å²) in [4.78, 5) is 14.0. The van der Waals surface area contributed by atoms with E-state index < -0.39 is 0 Å². The molecule has 0 saturated carbocycles. The molecule has 1 amide bonds. The molecule has 22 heavy (non-hydrogen) atoms. The van der Waals surface area contributed by atoms with Gasteiger partial charge in [-0.15, -0.1) is 0 Å². The maximum absolute atomic E-state index is 12.3. The number of likely N-dealkylation sites (N-methyl/N-ethyl adjacent to an activating group) is 1. The minimum atomic E-state index is -0.130.